The maximum Gasteiger partial charge on any atom is 0.238 e. The second kappa shape index (κ2) is 9.31. The molecule has 5 heteroatoms. The van der Waals surface area contributed by atoms with Crippen LogP contribution in [0.3, 0.4) is 0 Å². The Hall–Kier alpha value is -2.53. The third-order valence-corrected chi connectivity index (χ3v) is 5.83. The van der Waals surface area contributed by atoms with Crippen LogP contribution in [0.4, 0.5) is 11.4 Å². The predicted molar refractivity (Wildman–Crippen MR) is 118 cm³/mol. The summed E-state index contributed by atoms with van der Waals surface area (Å²) < 4.78 is 5.23. The zero-order valence-corrected chi connectivity index (χ0v) is 17.3. The number of rotatable bonds is 8. The molecule has 1 N–H and O–H groups in total. The fraction of sp³-hybridized carbons (Fsp3) is 0.458. The highest BCUT2D eigenvalue weighted by atomic mass is 16.5. The van der Waals surface area contributed by atoms with Gasteiger partial charge in [-0.25, -0.2) is 0 Å². The van der Waals surface area contributed by atoms with Crippen molar-refractivity contribution in [3.05, 3.63) is 54.1 Å². The van der Waals surface area contributed by atoms with Gasteiger partial charge >= 0.3 is 0 Å². The summed E-state index contributed by atoms with van der Waals surface area (Å²) in [6.45, 7) is 3.47. The largest absolute Gasteiger partial charge is 0.497 e. The van der Waals surface area contributed by atoms with E-state index in [4.69, 9.17) is 4.74 Å². The Morgan fingerprint density at radius 2 is 1.72 bits per heavy atom. The van der Waals surface area contributed by atoms with E-state index in [1.54, 1.807) is 7.11 Å². The van der Waals surface area contributed by atoms with Gasteiger partial charge in [0.25, 0.3) is 0 Å². The molecule has 0 spiro atoms. The first-order valence-corrected chi connectivity index (χ1v) is 10.7. The fourth-order valence-corrected chi connectivity index (χ4v) is 4.01. The van der Waals surface area contributed by atoms with Crippen LogP contribution >= 0.6 is 0 Å². The minimum Gasteiger partial charge on any atom is -0.497 e. The summed E-state index contributed by atoms with van der Waals surface area (Å²) in [4.78, 5) is 17.4. The average molecular weight is 394 g/mol. The standard InChI is InChI=1S/C24H31N3O2/c1-29-23-13-5-19(6-14-23)17-27(22-11-12-22)18-24(28)25-20-7-9-21(10-8-20)26-15-3-2-4-16-26/h5-10,13-14,22H,2-4,11-12,15-18H2,1H3,(H,25,28). The van der Waals surface area contributed by atoms with Gasteiger partial charge in [-0.2, -0.15) is 0 Å². The van der Waals surface area contributed by atoms with E-state index in [0.717, 1.165) is 31.1 Å². The van der Waals surface area contributed by atoms with Crippen LogP contribution in [0.2, 0.25) is 0 Å². The van der Waals surface area contributed by atoms with Crippen LogP contribution in [0.5, 0.6) is 5.75 Å². The number of methoxy groups -OCH3 is 1. The van der Waals surface area contributed by atoms with E-state index < -0.39 is 0 Å². The lowest BCUT2D eigenvalue weighted by Gasteiger charge is -2.29. The minimum absolute atomic E-state index is 0.0520. The highest BCUT2D eigenvalue weighted by Crippen LogP contribution is 2.28. The summed E-state index contributed by atoms with van der Waals surface area (Å²) in [5.41, 5.74) is 3.33. The summed E-state index contributed by atoms with van der Waals surface area (Å²) in [6, 6.07) is 16.9. The SMILES string of the molecule is COc1ccc(CN(CC(=O)Nc2ccc(N3CCCCC3)cc2)C2CC2)cc1. The molecule has 0 aromatic heterocycles. The van der Waals surface area contributed by atoms with Crippen molar-refractivity contribution in [2.24, 2.45) is 0 Å². The number of piperidine rings is 1. The van der Waals surface area contributed by atoms with Crippen LogP contribution in [0.25, 0.3) is 0 Å². The topological polar surface area (TPSA) is 44.8 Å². The maximum absolute atomic E-state index is 12.6. The number of hydrogen-bond donors (Lipinski definition) is 1. The monoisotopic (exact) mass is 393 g/mol. The first-order chi connectivity index (χ1) is 14.2. The summed E-state index contributed by atoms with van der Waals surface area (Å²) in [7, 11) is 1.68. The molecule has 2 aliphatic rings. The van der Waals surface area contributed by atoms with E-state index in [0.29, 0.717) is 12.6 Å². The van der Waals surface area contributed by atoms with Crippen molar-refractivity contribution >= 4 is 17.3 Å². The smallest absolute Gasteiger partial charge is 0.238 e. The normalized spacial score (nSPS) is 16.7. The Labute approximate surface area is 173 Å². The summed E-state index contributed by atoms with van der Waals surface area (Å²) in [5, 5.41) is 3.07. The van der Waals surface area contributed by atoms with Crippen molar-refractivity contribution in [3.63, 3.8) is 0 Å². The number of anilines is 2. The van der Waals surface area contributed by atoms with Gasteiger partial charge in [0.1, 0.15) is 5.75 Å². The first kappa shape index (κ1) is 19.8. The molecule has 2 aromatic carbocycles. The molecular weight excluding hydrogens is 362 g/mol. The minimum atomic E-state index is 0.0520. The van der Waals surface area contributed by atoms with Gasteiger partial charge in [0, 0.05) is 37.1 Å². The van der Waals surface area contributed by atoms with Gasteiger partial charge in [0.2, 0.25) is 5.91 Å². The van der Waals surface area contributed by atoms with Crippen molar-refractivity contribution in [2.45, 2.75) is 44.7 Å². The zero-order chi connectivity index (χ0) is 20.1. The van der Waals surface area contributed by atoms with Gasteiger partial charge in [-0.15, -0.1) is 0 Å². The van der Waals surface area contributed by atoms with Crippen LogP contribution in [0.1, 0.15) is 37.7 Å². The molecule has 1 saturated carbocycles. The highest BCUT2D eigenvalue weighted by molar-refractivity contribution is 5.92. The molecule has 0 unspecified atom stereocenters. The number of hydrogen-bond acceptors (Lipinski definition) is 4. The number of carbonyl (C=O) groups excluding carboxylic acids is 1. The molecule has 1 amide bonds. The molecule has 1 saturated heterocycles. The van der Waals surface area contributed by atoms with Gasteiger partial charge in [0.05, 0.1) is 13.7 Å². The van der Waals surface area contributed by atoms with E-state index in [9.17, 15) is 4.79 Å². The van der Waals surface area contributed by atoms with E-state index >= 15 is 0 Å². The summed E-state index contributed by atoms with van der Waals surface area (Å²) >= 11 is 0. The second-order valence-electron chi connectivity index (χ2n) is 8.13. The van der Waals surface area contributed by atoms with Gasteiger partial charge < -0.3 is 15.0 Å². The molecule has 0 bridgehead atoms. The van der Waals surface area contributed by atoms with Crippen LogP contribution in [0.15, 0.2) is 48.5 Å². The summed E-state index contributed by atoms with van der Waals surface area (Å²) in [6.07, 6.45) is 6.22. The van der Waals surface area contributed by atoms with Gasteiger partial charge in [0.15, 0.2) is 0 Å². The Morgan fingerprint density at radius 1 is 1.03 bits per heavy atom. The quantitative estimate of drug-likeness (QED) is 0.727. The van der Waals surface area contributed by atoms with Crippen LogP contribution in [-0.4, -0.2) is 43.6 Å². The third-order valence-electron chi connectivity index (χ3n) is 5.83. The molecule has 2 fully saturated rings. The number of nitrogens with one attached hydrogen (secondary N) is 1. The van der Waals surface area contributed by atoms with Crippen molar-refractivity contribution < 1.29 is 9.53 Å². The number of benzene rings is 2. The average Bonchev–Trinajstić information content (AvgIpc) is 3.60. The van der Waals surface area contributed by atoms with Gasteiger partial charge in [-0.3, -0.25) is 9.69 Å². The molecule has 1 aliphatic carbocycles. The lowest BCUT2D eigenvalue weighted by molar-refractivity contribution is -0.117. The van der Waals surface area contributed by atoms with E-state index in [2.05, 4.69) is 39.4 Å². The molecule has 29 heavy (non-hydrogen) atoms. The first-order valence-electron chi connectivity index (χ1n) is 10.7. The molecule has 0 radical (unpaired) electrons. The Kier molecular flexibility index (Phi) is 6.35. The van der Waals surface area contributed by atoms with Crippen molar-refractivity contribution in [2.75, 3.05) is 37.0 Å². The predicted octanol–water partition coefficient (Wildman–Crippen LogP) is 4.29. The van der Waals surface area contributed by atoms with Crippen LogP contribution < -0.4 is 15.0 Å². The molecule has 0 atom stereocenters. The number of nitrogens with zero attached hydrogens (tertiary/aromatic N) is 2. The molecule has 1 heterocycles. The Morgan fingerprint density at radius 3 is 2.34 bits per heavy atom. The molecule has 2 aromatic rings. The lowest BCUT2D eigenvalue weighted by atomic mass is 10.1. The van der Waals surface area contributed by atoms with Crippen LogP contribution in [0, 0.1) is 0 Å². The molecule has 4 rings (SSSR count). The van der Waals surface area contributed by atoms with Crippen molar-refractivity contribution in [3.8, 4) is 5.75 Å². The van der Waals surface area contributed by atoms with E-state index in [1.165, 1.54) is 43.4 Å². The number of carbonyl (C=O) groups is 1. The molecule has 154 valence electrons. The third kappa shape index (κ3) is 5.51. The zero-order valence-electron chi connectivity index (χ0n) is 17.3. The van der Waals surface area contributed by atoms with Crippen LogP contribution in [-0.2, 0) is 11.3 Å². The fourth-order valence-electron chi connectivity index (χ4n) is 4.01. The summed E-state index contributed by atoms with van der Waals surface area (Å²) in [5.74, 6) is 0.911. The Bertz CT molecular complexity index is 794. The highest BCUT2D eigenvalue weighted by Gasteiger charge is 2.30. The maximum atomic E-state index is 12.6. The van der Waals surface area contributed by atoms with Gasteiger partial charge in [-0.1, -0.05) is 12.1 Å². The number of ether oxygens (including phenoxy) is 1. The van der Waals surface area contributed by atoms with Crippen molar-refractivity contribution in [1.82, 2.24) is 4.90 Å². The van der Waals surface area contributed by atoms with Gasteiger partial charge in [-0.05, 0) is 74.1 Å². The van der Waals surface area contributed by atoms with E-state index in [1.807, 2.05) is 24.3 Å². The number of amides is 1. The Balaban J connectivity index is 1.32. The molecule has 5 nitrogen and oxygen atoms in total. The second-order valence-corrected chi connectivity index (χ2v) is 8.13. The molecular formula is C24H31N3O2. The lowest BCUT2D eigenvalue weighted by Crippen LogP contribution is -2.34. The van der Waals surface area contributed by atoms with E-state index in [-0.39, 0.29) is 5.91 Å². The molecule has 1 aliphatic heterocycles. The van der Waals surface area contributed by atoms with Crippen molar-refractivity contribution in [1.29, 1.82) is 0 Å².